The predicted molar refractivity (Wildman–Crippen MR) is 65.0 cm³/mol. The largest absolute Gasteiger partial charge is 0.486 e. The fourth-order valence-corrected chi connectivity index (χ4v) is 1.60. The maximum absolute atomic E-state index is 13.4. The van der Waals surface area contributed by atoms with E-state index in [4.69, 9.17) is 4.74 Å². The van der Waals surface area contributed by atoms with Gasteiger partial charge in [0.15, 0.2) is 17.4 Å². The van der Waals surface area contributed by atoms with Crippen LogP contribution >= 0.6 is 0 Å². The molecule has 0 aliphatic rings. The van der Waals surface area contributed by atoms with Gasteiger partial charge in [0.25, 0.3) is 0 Å². The van der Waals surface area contributed by atoms with E-state index in [1.165, 1.54) is 0 Å². The van der Waals surface area contributed by atoms with E-state index >= 15 is 0 Å². The number of hydrogen-bond donors (Lipinski definition) is 0. The molecule has 0 aromatic heterocycles. The van der Waals surface area contributed by atoms with Crippen LogP contribution in [-0.4, -0.2) is 37.4 Å². The zero-order valence-electron chi connectivity index (χ0n) is 10.6. The first-order chi connectivity index (χ1) is 8.62. The highest BCUT2D eigenvalue weighted by Crippen LogP contribution is 2.22. The lowest BCUT2D eigenvalue weighted by Gasteiger charge is -2.18. The van der Waals surface area contributed by atoms with Crippen LogP contribution in [0.2, 0.25) is 0 Å². The number of nitrogens with zero attached hydrogens (tertiary/aromatic N) is 1. The molecule has 1 rings (SSSR count). The van der Waals surface area contributed by atoms with Gasteiger partial charge in [0.1, 0.15) is 12.9 Å². The van der Waals surface area contributed by atoms with Crippen LogP contribution in [0.15, 0.2) is 12.1 Å². The molecular formula is C13H17F2NO2. The number of carbonyl (C=O) groups is 1. The average Bonchev–Trinajstić information content (AvgIpc) is 2.37. The molecule has 0 saturated heterocycles. The number of benzene rings is 1. The van der Waals surface area contributed by atoms with Crippen LogP contribution in [0.3, 0.4) is 0 Å². The van der Waals surface area contributed by atoms with E-state index in [9.17, 15) is 13.6 Å². The highest BCUT2D eigenvalue weighted by Gasteiger charge is 2.12. The van der Waals surface area contributed by atoms with Crippen LogP contribution in [0.1, 0.15) is 24.2 Å². The topological polar surface area (TPSA) is 29.5 Å². The predicted octanol–water partition coefficient (Wildman–Crippen LogP) is 2.50. The molecule has 5 heteroatoms. The van der Waals surface area contributed by atoms with Gasteiger partial charge in [0, 0.05) is 12.1 Å². The number of likely N-dealkylation sites (N-methyl/N-ethyl adjacent to an activating group) is 1. The Morgan fingerprint density at radius 3 is 2.22 bits per heavy atom. The van der Waals surface area contributed by atoms with Crippen LogP contribution in [0, 0.1) is 11.6 Å². The van der Waals surface area contributed by atoms with E-state index in [1.54, 1.807) is 0 Å². The zero-order chi connectivity index (χ0) is 13.5. The highest BCUT2D eigenvalue weighted by atomic mass is 19.1. The van der Waals surface area contributed by atoms with Gasteiger partial charge in [-0.1, -0.05) is 13.8 Å². The molecule has 0 fully saturated rings. The summed E-state index contributed by atoms with van der Waals surface area (Å²) >= 11 is 0. The third-order valence-electron chi connectivity index (χ3n) is 2.71. The molecule has 0 radical (unpaired) electrons. The fourth-order valence-electron chi connectivity index (χ4n) is 1.60. The molecule has 0 aliphatic heterocycles. The third kappa shape index (κ3) is 3.77. The molecule has 100 valence electrons. The monoisotopic (exact) mass is 257 g/mol. The number of rotatable bonds is 7. The molecule has 0 bridgehead atoms. The van der Waals surface area contributed by atoms with Gasteiger partial charge in [-0.15, -0.1) is 0 Å². The number of aldehydes is 1. The Labute approximate surface area is 105 Å². The fraction of sp³-hybridized carbons (Fsp3) is 0.462. The molecule has 0 saturated carbocycles. The van der Waals surface area contributed by atoms with E-state index in [1.807, 2.05) is 13.8 Å². The number of carbonyl (C=O) groups excluding carboxylic acids is 1. The SMILES string of the molecule is CCN(CC)CCOc1c(F)cc(C=O)cc1F. The van der Waals surface area contributed by atoms with Gasteiger partial charge in [-0.25, -0.2) is 8.78 Å². The van der Waals surface area contributed by atoms with E-state index in [2.05, 4.69) is 4.90 Å². The highest BCUT2D eigenvalue weighted by molar-refractivity contribution is 5.75. The molecule has 0 atom stereocenters. The van der Waals surface area contributed by atoms with Crippen LogP contribution in [0.5, 0.6) is 5.75 Å². The maximum atomic E-state index is 13.4. The van der Waals surface area contributed by atoms with Gasteiger partial charge in [-0.2, -0.15) is 0 Å². The Morgan fingerprint density at radius 1 is 1.22 bits per heavy atom. The normalized spacial score (nSPS) is 10.7. The van der Waals surface area contributed by atoms with Crippen LogP contribution in [-0.2, 0) is 0 Å². The molecule has 18 heavy (non-hydrogen) atoms. The van der Waals surface area contributed by atoms with Gasteiger partial charge in [-0.05, 0) is 25.2 Å². The van der Waals surface area contributed by atoms with Crippen molar-refractivity contribution in [1.29, 1.82) is 0 Å². The van der Waals surface area contributed by atoms with Gasteiger partial charge in [0.05, 0.1) is 0 Å². The van der Waals surface area contributed by atoms with E-state index in [0.29, 0.717) is 12.8 Å². The van der Waals surface area contributed by atoms with Crippen LogP contribution in [0.4, 0.5) is 8.78 Å². The Kier molecular flexibility index (Phi) is 5.71. The Balaban J connectivity index is 2.65. The smallest absolute Gasteiger partial charge is 0.190 e. The van der Waals surface area contributed by atoms with Crippen molar-refractivity contribution in [2.45, 2.75) is 13.8 Å². The van der Waals surface area contributed by atoms with Gasteiger partial charge < -0.3 is 9.64 Å². The molecule has 0 N–H and O–H groups in total. The summed E-state index contributed by atoms with van der Waals surface area (Å²) in [5.74, 6) is -2.12. The van der Waals surface area contributed by atoms with Crippen molar-refractivity contribution in [3.05, 3.63) is 29.3 Å². The first-order valence-corrected chi connectivity index (χ1v) is 5.91. The summed E-state index contributed by atoms with van der Waals surface area (Å²) in [6, 6.07) is 1.92. The minimum Gasteiger partial charge on any atom is -0.486 e. The van der Waals surface area contributed by atoms with Crippen molar-refractivity contribution in [2.24, 2.45) is 0 Å². The molecule has 1 aromatic carbocycles. The molecule has 0 aliphatic carbocycles. The van der Waals surface area contributed by atoms with Crippen molar-refractivity contribution >= 4 is 6.29 Å². The van der Waals surface area contributed by atoms with E-state index in [-0.39, 0.29) is 12.2 Å². The second-order valence-corrected chi connectivity index (χ2v) is 3.81. The second kappa shape index (κ2) is 7.06. The summed E-state index contributed by atoms with van der Waals surface area (Å²) in [6.07, 6.45) is 0.395. The zero-order valence-corrected chi connectivity index (χ0v) is 10.6. The van der Waals surface area contributed by atoms with Crippen molar-refractivity contribution in [3.63, 3.8) is 0 Å². The first-order valence-electron chi connectivity index (χ1n) is 5.91. The number of hydrogen-bond acceptors (Lipinski definition) is 3. The van der Waals surface area contributed by atoms with Gasteiger partial charge in [-0.3, -0.25) is 4.79 Å². The van der Waals surface area contributed by atoms with Crippen LogP contribution < -0.4 is 4.74 Å². The van der Waals surface area contributed by atoms with Crippen molar-refractivity contribution < 1.29 is 18.3 Å². The number of halogens is 2. The second-order valence-electron chi connectivity index (χ2n) is 3.81. The molecule has 0 spiro atoms. The lowest BCUT2D eigenvalue weighted by molar-refractivity contribution is 0.112. The molecule has 0 unspecified atom stereocenters. The van der Waals surface area contributed by atoms with E-state index < -0.39 is 17.4 Å². The molecule has 1 aromatic rings. The standard InChI is InChI=1S/C13H17F2NO2/c1-3-16(4-2)5-6-18-13-11(14)7-10(9-17)8-12(13)15/h7-9H,3-6H2,1-2H3. The molecule has 3 nitrogen and oxygen atoms in total. The lowest BCUT2D eigenvalue weighted by Crippen LogP contribution is -2.28. The minimum absolute atomic E-state index is 0.0407. The van der Waals surface area contributed by atoms with Crippen molar-refractivity contribution in [1.82, 2.24) is 4.90 Å². The summed E-state index contributed by atoms with van der Waals surface area (Å²) in [7, 11) is 0. The average molecular weight is 257 g/mol. The summed E-state index contributed by atoms with van der Waals surface area (Å²) in [5.41, 5.74) is -0.0407. The quantitative estimate of drug-likeness (QED) is 0.703. The first kappa shape index (κ1) is 14.6. The third-order valence-corrected chi connectivity index (χ3v) is 2.71. The van der Waals surface area contributed by atoms with Crippen molar-refractivity contribution in [2.75, 3.05) is 26.2 Å². The Hall–Kier alpha value is -1.49. The van der Waals surface area contributed by atoms with Gasteiger partial charge >= 0.3 is 0 Å². The molecular weight excluding hydrogens is 240 g/mol. The lowest BCUT2D eigenvalue weighted by atomic mass is 10.2. The van der Waals surface area contributed by atoms with Crippen molar-refractivity contribution in [3.8, 4) is 5.75 Å². The van der Waals surface area contributed by atoms with Crippen LogP contribution in [0.25, 0.3) is 0 Å². The van der Waals surface area contributed by atoms with E-state index in [0.717, 1.165) is 25.2 Å². The molecule has 0 heterocycles. The Bertz CT molecular complexity index is 383. The maximum Gasteiger partial charge on any atom is 0.190 e. The summed E-state index contributed by atoms with van der Waals surface area (Å²) < 4.78 is 32.0. The summed E-state index contributed by atoms with van der Waals surface area (Å²) in [5, 5.41) is 0. The minimum atomic E-state index is -0.850. The summed E-state index contributed by atoms with van der Waals surface area (Å²) in [6.45, 7) is 6.52. The molecule has 0 amide bonds. The van der Waals surface area contributed by atoms with Gasteiger partial charge in [0.2, 0.25) is 0 Å². The number of ether oxygens (including phenoxy) is 1. The Morgan fingerprint density at radius 2 is 1.78 bits per heavy atom. The summed E-state index contributed by atoms with van der Waals surface area (Å²) in [4.78, 5) is 12.5.